The van der Waals surface area contributed by atoms with E-state index >= 15 is 0 Å². The van der Waals surface area contributed by atoms with Gasteiger partial charge in [-0.2, -0.15) is 0 Å². The van der Waals surface area contributed by atoms with Gasteiger partial charge in [0, 0.05) is 6.04 Å². The molecular formula is C10H16N4O3S. The maximum Gasteiger partial charge on any atom is 0.413 e. The first kappa shape index (κ1) is 14.5. The first-order chi connectivity index (χ1) is 8.54. The topological polar surface area (TPSA) is 86.1 Å². The number of rotatable bonds is 5. The molecule has 0 aliphatic heterocycles. The monoisotopic (exact) mass is 272 g/mol. The van der Waals surface area contributed by atoms with Crippen LogP contribution in [0, 0.1) is 0 Å². The van der Waals surface area contributed by atoms with Crippen molar-refractivity contribution >= 4 is 23.8 Å². The predicted molar refractivity (Wildman–Crippen MR) is 66.3 cm³/mol. The first-order valence-electron chi connectivity index (χ1n) is 5.53. The lowest BCUT2D eigenvalue weighted by Crippen LogP contribution is -2.32. The molecular weight excluding hydrogens is 256 g/mol. The SMILES string of the molecule is CCOC(=O)NC(=O)CSc1nncn1C(C)C. The lowest BCUT2D eigenvalue weighted by atomic mass is 10.4. The van der Waals surface area contributed by atoms with Crippen LogP contribution >= 0.6 is 11.8 Å². The van der Waals surface area contributed by atoms with Crippen molar-refractivity contribution in [2.75, 3.05) is 12.4 Å². The summed E-state index contributed by atoms with van der Waals surface area (Å²) in [6.07, 6.45) is 0.879. The van der Waals surface area contributed by atoms with E-state index < -0.39 is 12.0 Å². The van der Waals surface area contributed by atoms with Crippen LogP contribution in [0.4, 0.5) is 4.79 Å². The Morgan fingerprint density at radius 1 is 1.56 bits per heavy atom. The van der Waals surface area contributed by atoms with Gasteiger partial charge in [0.2, 0.25) is 5.91 Å². The number of nitrogens with zero attached hydrogens (tertiary/aromatic N) is 3. The summed E-state index contributed by atoms with van der Waals surface area (Å²) < 4.78 is 6.45. The number of alkyl carbamates (subject to hydrolysis) is 1. The minimum Gasteiger partial charge on any atom is -0.450 e. The van der Waals surface area contributed by atoms with Gasteiger partial charge >= 0.3 is 6.09 Å². The van der Waals surface area contributed by atoms with E-state index in [9.17, 15) is 9.59 Å². The largest absolute Gasteiger partial charge is 0.450 e. The second-order valence-electron chi connectivity index (χ2n) is 3.67. The molecule has 0 atom stereocenters. The van der Waals surface area contributed by atoms with E-state index in [0.717, 1.165) is 0 Å². The number of amides is 2. The minimum absolute atomic E-state index is 0.0875. The predicted octanol–water partition coefficient (Wildman–Crippen LogP) is 1.22. The lowest BCUT2D eigenvalue weighted by Gasteiger charge is -2.09. The van der Waals surface area contributed by atoms with Crippen LogP contribution in [0.3, 0.4) is 0 Å². The van der Waals surface area contributed by atoms with Crippen molar-refractivity contribution in [3.8, 4) is 0 Å². The summed E-state index contributed by atoms with van der Waals surface area (Å²) in [6, 6.07) is 0.218. The molecule has 0 aliphatic carbocycles. The van der Waals surface area contributed by atoms with Gasteiger partial charge in [0.05, 0.1) is 12.4 Å². The van der Waals surface area contributed by atoms with Gasteiger partial charge in [-0.25, -0.2) is 4.79 Å². The third-order valence-electron chi connectivity index (χ3n) is 1.95. The molecule has 0 bridgehead atoms. The number of nitrogens with one attached hydrogen (secondary N) is 1. The average Bonchev–Trinajstić information content (AvgIpc) is 2.74. The Balaban J connectivity index is 2.43. The van der Waals surface area contributed by atoms with E-state index in [1.807, 2.05) is 18.4 Å². The smallest absolute Gasteiger partial charge is 0.413 e. The van der Waals surface area contributed by atoms with Gasteiger partial charge in [-0.1, -0.05) is 11.8 Å². The minimum atomic E-state index is -0.728. The summed E-state index contributed by atoms with van der Waals surface area (Å²) in [4.78, 5) is 22.4. The van der Waals surface area contributed by atoms with Crippen molar-refractivity contribution in [3.05, 3.63) is 6.33 Å². The summed E-state index contributed by atoms with van der Waals surface area (Å²) >= 11 is 1.22. The number of thioether (sulfide) groups is 1. The van der Waals surface area contributed by atoms with Gasteiger partial charge in [-0.3, -0.25) is 10.1 Å². The maximum absolute atomic E-state index is 11.4. The number of ether oxygens (including phenoxy) is 1. The number of carbonyl (C=O) groups excluding carboxylic acids is 2. The highest BCUT2D eigenvalue weighted by atomic mass is 32.2. The molecule has 0 saturated heterocycles. The van der Waals surface area contributed by atoms with Gasteiger partial charge in [-0.15, -0.1) is 10.2 Å². The number of hydrogen-bond donors (Lipinski definition) is 1. The van der Waals surface area contributed by atoms with Crippen LogP contribution in [-0.4, -0.2) is 39.1 Å². The zero-order valence-electron chi connectivity index (χ0n) is 10.5. The highest BCUT2D eigenvalue weighted by molar-refractivity contribution is 7.99. The Morgan fingerprint density at radius 3 is 2.89 bits per heavy atom. The van der Waals surface area contributed by atoms with E-state index in [2.05, 4.69) is 20.3 Å². The van der Waals surface area contributed by atoms with Crippen LogP contribution in [0.2, 0.25) is 0 Å². The van der Waals surface area contributed by atoms with Crippen molar-refractivity contribution in [1.29, 1.82) is 0 Å². The molecule has 0 radical (unpaired) electrons. The molecule has 0 saturated carbocycles. The number of hydrogen-bond acceptors (Lipinski definition) is 6. The Hall–Kier alpha value is -1.57. The van der Waals surface area contributed by atoms with Gasteiger partial charge < -0.3 is 9.30 Å². The molecule has 0 aliphatic rings. The molecule has 0 fully saturated rings. The van der Waals surface area contributed by atoms with Crippen molar-refractivity contribution < 1.29 is 14.3 Å². The molecule has 1 rings (SSSR count). The fraction of sp³-hybridized carbons (Fsp3) is 0.600. The Morgan fingerprint density at radius 2 is 2.28 bits per heavy atom. The zero-order chi connectivity index (χ0) is 13.5. The van der Waals surface area contributed by atoms with Crippen LogP contribution in [0.5, 0.6) is 0 Å². The fourth-order valence-electron chi connectivity index (χ4n) is 1.14. The zero-order valence-corrected chi connectivity index (χ0v) is 11.4. The second kappa shape index (κ2) is 7.00. The fourth-order valence-corrected chi connectivity index (χ4v) is 1.98. The summed E-state index contributed by atoms with van der Waals surface area (Å²) in [7, 11) is 0. The molecule has 1 aromatic rings. The molecule has 0 spiro atoms. The van der Waals surface area contributed by atoms with Gasteiger partial charge in [-0.05, 0) is 20.8 Å². The van der Waals surface area contributed by atoms with Crippen LogP contribution < -0.4 is 5.32 Å². The number of imide groups is 1. The van der Waals surface area contributed by atoms with E-state index in [0.29, 0.717) is 5.16 Å². The quantitative estimate of drug-likeness (QED) is 0.811. The molecule has 100 valence electrons. The van der Waals surface area contributed by atoms with Gasteiger partial charge in [0.15, 0.2) is 5.16 Å². The van der Waals surface area contributed by atoms with Crippen LogP contribution in [0.15, 0.2) is 11.5 Å². The molecule has 1 heterocycles. The highest BCUT2D eigenvalue weighted by Crippen LogP contribution is 2.18. The Bertz CT molecular complexity index is 419. The number of carbonyl (C=O) groups is 2. The van der Waals surface area contributed by atoms with Gasteiger partial charge in [0.1, 0.15) is 6.33 Å². The Kier molecular flexibility index (Phi) is 5.63. The summed E-state index contributed by atoms with van der Waals surface area (Å²) in [5, 5.41) is 10.4. The molecule has 8 heteroatoms. The van der Waals surface area contributed by atoms with Crippen molar-refractivity contribution in [1.82, 2.24) is 20.1 Å². The third kappa shape index (κ3) is 4.36. The summed E-state index contributed by atoms with van der Waals surface area (Å²) in [5.74, 6) is -0.332. The molecule has 0 aromatic carbocycles. The van der Waals surface area contributed by atoms with E-state index in [4.69, 9.17) is 0 Å². The van der Waals surface area contributed by atoms with Crippen molar-refractivity contribution in [3.63, 3.8) is 0 Å². The van der Waals surface area contributed by atoms with E-state index in [1.165, 1.54) is 11.8 Å². The normalized spacial score (nSPS) is 10.4. The first-order valence-corrected chi connectivity index (χ1v) is 6.52. The van der Waals surface area contributed by atoms with Crippen LogP contribution in [0.25, 0.3) is 0 Å². The average molecular weight is 272 g/mol. The molecule has 7 nitrogen and oxygen atoms in total. The van der Waals surface area contributed by atoms with Crippen molar-refractivity contribution in [2.24, 2.45) is 0 Å². The molecule has 2 amide bonds. The summed E-state index contributed by atoms with van der Waals surface area (Å²) in [6.45, 7) is 5.88. The number of aromatic nitrogens is 3. The van der Waals surface area contributed by atoms with Crippen LogP contribution in [-0.2, 0) is 9.53 Å². The highest BCUT2D eigenvalue weighted by Gasteiger charge is 2.12. The molecule has 1 N–H and O–H groups in total. The van der Waals surface area contributed by atoms with E-state index in [-0.39, 0.29) is 18.4 Å². The van der Waals surface area contributed by atoms with Crippen molar-refractivity contribution in [2.45, 2.75) is 32.0 Å². The maximum atomic E-state index is 11.4. The molecule has 1 aromatic heterocycles. The Labute approximate surface area is 109 Å². The second-order valence-corrected chi connectivity index (χ2v) is 4.61. The molecule has 0 unspecified atom stereocenters. The van der Waals surface area contributed by atoms with Crippen LogP contribution in [0.1, 0.15) is 26.8 Å². The standard InChI is InChI=1S/C10H16N4O3S/c1-4-17-10(16)12-8(15)5-18-9-13-11-6-14(9)7(2)3/h6-7H,4-5H2,1-3H3,(H,12,15,16). The summed E-state index contributed by atoms with van der Waals surface area (Å²) in [5.41, 5.74) is 0. The third-order valence-corrected chi connectivity index (χ3v) is 2.90. The lowest BCUT2D eigenvalue weighted by molar-refractivity contribution is -0.117. The van der Waals surface area contributed by atoms with E-state index in [1.54, 1.807) is 13.3 Å². The molecule has 18 heavy (non-hydrogen) atoms. The van der Waals surface area contributed by atoms with Gasteiger partial charge in [0.25, 0.3) is 0 Å².